The highest BCUT2D eigenvalue weighted by Gasteiger charge is 2.12. The molecule has 0 N–H and O–H groups in total. The summed E-state index contributed by atoms with van der Waals surface area (Å²) in [6, 6.07) is 7.69. The minimum atomic E-state index is 0.493. The maximum absolute atomic E-state index is 5.19. The standard InChI is InChI=1S/C10H6IN3O2/c11-10-12-9(16-14-10)5-7-6-3-1-2-4-8(6)15-13-7/h1-4H,5H2. The smallest absolute Gasteiger partial charge is 0.233 e. The monoisotopic (exact) mass is 327 g/mol. The van der Waals surface area contributed by atoms with Gasteiger partial charge >= 0.3 is 0 Å². The van der Waals surface area contributed by atoms with E-state index in [0.717, 1.165) is 16.7 Å². The number of hydrogen-bond donors (Lipinski definition) is 0. The van der Waals surface area contributed by atoms with Gasteiger partial charge in [-0.1, -0.05) is 22.4 Å². The van der Waals surface area contributed by atoms with E-state index in [0.29, 0.717) is 16.1 Å². The largest absolute Gasteiger partial charge is 0.356 e. The first-order chi connectivity index (χ1) is 7.83. The molecule has 0 radical (unpaired) electrons. The third-order valence-electron chi connectivity index (χ3n) is 2.21. The van der Waals surface area contributed by atoms with Gasteiger partial charge in [0.05, 0.1) is 6.42 Å². The van der Waals surface area contributed by atoms with Gasteiger partial charge in [-0.25, -0.2) is 0 Å². The Labute approximate surface area is 104 Å². The van der Waals surface area contributed by atoms with Gasteiger partial charge in [-0.3, -0.25) is 0 Å². The first kappa shape index (κ1) is 9.76. The second-order valence-corrected chi connectivity index (χ2v) is 4.22. The zero-order chi connectivity index (χ0) is 11.0. The van der Waals surface area contributed by atoms with Crippen LogP contribution in [0, 0.1) is 3.83 Å². The molecule has 0 amide bonds. The van der Waals surface area contributed by atoms with E-state index in [4.69, 9.17) is 9.05 Å². The van der Waals surface area contributed by atoms with Crippen molar-refractivity contribution in [3.63, 3.8) is 0 Å². The van der Waals surface area contributed by atoms with Crippen LogP contribution in [0.4, 0.5) is 0 Å². The predicted molar refractivity (Wildman–Crippen MR) is 63.8 cm³/mol. The average Bonchev–Trinajstić information content (AvgIpc) is 2.87. The lowest BCUT2D eigenvalue weighted by atomic mass is 10.2. The Kier molecular flexibility index (Phi) is 2.35. The molecular formula is C10H6IN3O2. The van der Waals surface area contributed by atoms with E-state index in [2.05, 4.69) is 15.3 Å². The van der Waals surface area contributed by atoms with Crippen LogP contribution < -0.4 is 0 Å². The fourth-order valence-electron chi connectivity index (χ4n) is 1.51. The van der Waals surface area contributed by atoms with Crippen LogP contribution >= 0.6 is 22.6 Å². The second-order valence-electron chi connectivity index (χ2n) is 3.26. The maximum Gasteiger partial charge on any atom is 0.233 e. The quantitative estimate of drug-likeness (QED) is 0.676. The Bertz CT molecular complexity index is 632. The molecule has 1 aromatic carbocycles. The Morgan fingerprint density at radius 3 is 2.81 bits per heavy atom. The number of fused-ring (bicyclic) bond motifs is 1. The van der Waals surface area contributed by atoms with Crippen LogP contribution in [0.1, 0.15) is 11.6 Å². The van der Waals surface area contributed by atoms with Crippen LogP contribution in [0.15, 0.2) is 33.3 Å². The summed E-state index contributed by atoms with van der Waals surface area (Å²) in [5, 5.41) is 8.70. The van der Waals surface area contributed by atoms with Crippen molar-refractivity contribution in [1.29, 1.82) is 0 Å². The molecule has 3 rings (SSSR count). The Hall–Kier alpha value is -1.44. The van der Waals surface area contributed by atoms with Crippen molar-refractivity contribution in [2.24, 2.45) is 0 Å². The van der Waals surface area contributed by atoms with E-state index in [9.17, 15) is 0 Å². The summed E-state index contributed by atoms with van der Waals surface area (Å²) in [4.78, 5) is 4.12. The van der Waals surface area contributed by atoms with E-state index < -0.39 is 0 Å². The summed E-state index contributed by atoms with van der Waals surface area (Å²) in [5.41, 5.74) is 1.59. The molecule has 2 aromatic heterocycles. The van der Waals surface area contributed by atoms with Crippen LogP contribution in [-0.2, 0) is 6.42 Å². The summed E-state index contributed by atoms with van der Waals surface area (Å²) in [7, 11) is 0. The molecule has 3 aromatic rings. The van der Waals surface area contributed by atoms with E-state index >= 15 is 0 Å². The second kappa shape index (κ2) is 3.85. The molecule has 80 valence electrons. The van der Waals surface area contributed by atoms with Crippen LogP contribution in [-0.4, -0.2) is 15.3 Å². The van der Waals surface area contributed by atoms with Gasteiger partial charge in [0.2, 0.25) is 9.72 Å². The molecule has 0 aliphatic heterocycles. The van der Waals surface area contributed by atoms with Gasteiger partial charge in [0.1, 0.15) is 5.69 Å². The van der Waals surface area contributed by atoms with Crippen molar-refractivity contribution in [3.8, 4) is 0 Å². The molecule has 5 nitrogen and oxygen atoms in total. The summed E-state index contributed by atoms with van der Waals surface area (Å²) in [6.45, 7) is 0. The lowest BCUT2D eigenvalue weighted by Gasteiger charge is -1.89. The third kappa shape index (κ3) is 1.69. The number of halogens is 1. The number of aromatic nitrogens is 3. The highest BCUT2D eigenvalue weighted by Crippen LogP contribution is 2.19. The fraction of sp³-hybridized carbons (Fsp3) is 0.100. The van der Waals surface area contributed by atoms with Crippen molar-refractivity contribution in [3.05, 3.63) is 39.7 Å². The van der Waals surface area contributed by atoms with Gasteiger partial charge < -0.3 is 9.05 Å². The lowest BCUT2D eigenvalue weighted by Crippen LogP contribution is -1.89. The zero-order valence-electron chi connectivity index (χ0n) is 8.05. The molecule has 0 saturated heterocycles. The van der Waals surface area contributed by atoms with E-state index in [1.165, 1.54) is 0 Å². The molecule has 2 heterocycles. The van der Waals surface area contributed by atoms with Crippen LogP contribution in [0.5, 0.6) is 0 Å². The normalized spacial score (nSPS) is 11.1. The highest BCUT2D eigenvalue weighted by atomic mass is 127. The molecule has 0 bridgehead atoms. The van der Waals surface area contributed by atoms with Gasteiger partial charge in [-0.05, 0) is 12.1 Å². The predicted octanol–water partition coefficient (Wildman–Crippen LogP) is 2.41. The Morgan fingerprint density at radius 2 is 2.00 bits per heavy atom. The Balaban J connectivity index is 2.00. The van der Waals surface area contributed by atoms with Crippen LogP contribution in [0.2, 0.25) is 0 Å². The first-order valence-electron chi connectivity index (χ1n) is 4.64. The van der Waals surface area contributed by atoms with Crippen molar-refractivity contribution >= 4 is 33.6 Å². The molecule has 16 heavy (non-hydrogen) atoms. The molecule has 0 aliphatic rings. The molecule has 0 atom stereocenters. The minimum Gasteiger partial charge on any atom is -0.356 e. The molecular weight excluding hydrogens is 321 g/mol. The molecule has 0 unspecified atom stereocenters. The van der Waals surface area contributed by atoms with E-state index in [1.54, 1.807) is 0 Å². The molecule has 0 saturated carbocycles. The number of benzene rings is 1. The van der Waals surface area contributed by atoms with Crippen molar-refractivity contribution in [1.82, 2.24) is 15.3 Å². The Morgan fingerprint density at radius 1 is 1.12 bits per heavy atom. The summed E-state index contributed by atoms with van der Waals surface area (Å²) >= 11 is 2.00. The SMILES string of the molecule is Ic1noc(Cc2noc3ccccc23)n1. The minimum absolute atomic E-state index is 0.493. The van der Waals surface area contributed by atoms with E-state index in [-0.39, 0.29) is 0 Å². The number of nitrogens with zero attached hydrogens (tertiary/aromatic N) is 3. The number of para-hydroxylation sites is 1. The molecule has 0 spiro atoms. The van der Waals surface area contributed by atoms with Crippen molar-refractivity contribution in [2.45, 2.75) is 6.42 Å². The fourth-order valence-corrected chi connectivity index (χ4v) is 1.88. The average molecular weight is 327 g/mol. The summed E-state index contributed by atoms with van der Waals surface area (Å²) in [6.07, 6.45) is 0.493. The molecule has 0 fully saturated rings. The first-order valence-corrected chi connectivity index (χ1v) is 5.72. The molecule has 6 heteroatoms. The highest BCUT2D eigenvalue weighted by molar-refractivity contribution is 14.1. The van der Waals surface area contributed by atoms with Gasteiger partial charge in [-0.15, -0.1) is 0 Å². The third-order valence-corrected chi connectivity index (χ3v) is 2.65. The number of hydrogen-bond acceptors (Lipinski definition) is 5. The maximum atomic E-state index is 5.19. The van der Waals surface area contributed by atoms with Gasteiger partial charge in [-0.2, -0.15) is 4.98 Å². The summed E-state index contributed by atoms with van der Waals surface area (Å²) in [5.74, 6) is 0.545. The van der Waals surface area contributed by atoms with Gasteiger partial charge in [0.25, 0.3) is 0 Å². The zero-order valence-corrected chi connectivity index (χ0v) is 10.2. The van der Waals surface area contributed by atoms with E-state index in [1.807, 2.05) is 46.9 Å². The molecule has 0 aliphatic carbocycles. The number of rotatable bonds is 2. The van der Waals surface area contributed by atoms with Crippen molar-refractivity contribution in [2.75, 3.05) is 0 Å². The van der Waals surface area contributed by atoms with Gasteiger partial charge in [0, 0.05) is 28.0 Å². The van der Waals surface area contributed by atoms with Crippen LogP contribution in [0.25, 0.3) is 11.0 Å². The topological polar surface area (TPSA) is 65.0 Å². The lowest BCUT2D eigenvalue weighted by molar-refractivity contribution is 0.376. The summed E-state index contributed by atoms with van der Waals surface area (Å²) < 4.78 is 10.8. The van der Waals surface area contributed by atoms with Gasteiger partial charge in [0.15, 0.2) is 5.58 Å². The van der Waals surface area contributed by atoms with Crippen molar-refractivity contribution < 1.29 is 9.05 Å². The van der Waals surface area contributed by atoms with Crippen LogP contribution in [0.3, 0.4) is 0 Å².